The smallest absolute Gasteiger partial charge is 0.181 e. The molecule has 3 nitrogen and oxygen atoms in total. The van der Waals surface area contributed by atoms with Crippen LogP contribution in [-0.4, -0.2) is 12.6 Å². The van der Waals surface area contributed by atoms with Gasteiger partial charge in [-0.05, 0) is 50.6 Å². The predicted octanol–water partition coefficient (Wildman–Crippen LogP) is 7.57. The Bertz CT molecular complexity index is 2370. The number of hydrogen-bond acceptors (Lipinski definition) is 2. The highest BCUT2D eigenvalue weighted by atomic mass is 28.3. The van der Waals surface area contributed by atoms with E-state index in [1.807, 2.05) is 30.3 Å². The normalized spacial score (nSPS) is 11.3. The molecular formula is C44H29N3Si. The van der Waals surface area contributed by atoms with Crippen molar-refractivity contribution in [3.63, 3.8) is 0 Å². The number of fused-ring (bicyclic) bond motifs is 3. The molecule has 0 N–H and O–H groups in total. The van der Waals surface area contributed by atoms with Crippen molar-refractivity contribution < 1.29 is 0 Å². The van der Waals surface area contributed by atoms with Gasteiger partial charge in [0.1, 0.15) is 12.1 Å². The van der Waals surface area contributed by atoms with Gasteiger partial charge in [-0.15, -0.1) is 0 Å². The molecule has 7 aromatic carbocycles. The summed E-state index contributed by atoms with van der Waals surface area (Å²) < 4.78 is 2.32. The second-order valence-corrected chi connectivity index (χ2v) is 15.7. The lowest BCUT2D eigenvalue weighted by Crippen LogP contribution is -2.75. The standard InChI is InChI=1S/C44H29N3Si/c45-30-33-28-32(37-22-10-13-25-41(37)47-42-26-14-11-23-38(42)39-24-12-15-27-43(39)47)29-44(40(33)31-46)48(34-16-4-1-5-17-34,35-18-6-2-7-19-35)36-20-8-3-9-21-36/h1-29H. The molecule has 0 aliphatic heterocycles. The highest BCUT2D eigenvalue weighted by molar-refractivity contribution is 7.20. The molecule has 0 saturated heterocycles. The zero-order valence-electron chi connectivity index (χ0n) is 26.1. The molecule has 0 fully saturated rings. The van der Waals surface area contributed by atoms with Gasteiger partial charge in [0.05, 0.1) is 27.8 Å². The first-order valence-electron chi connectivity index (χ1n) is 16.0. The van der Waals surface area contributed by atoms with Crippen LogP contribution in [0.5, 0.6) is 0 Å². The Hall–Kier alpha value is -6.46. The maximum Gasteiger partial charge on any atom is 0.181 e. The molecule has 4 heteroatoms. The van der Waals surface area contributed by atoms with E-state index in [1.165, 1.54) is 10.8 Å². The van der Waals surface area contributed by atoms with Crippen LogP contribution >= 0.6 is 0 Å². The quantitative estimate of drug-likeness (QED) is 0.141. The van der Waals surface area contributed by atoms with Crippen molar-refractivity contribution in [2.45, 2.75) is 0 Å². The molecule has 0 aliphatic carbocycles. The minimum atomic E-state index is -3.13. The summed E-state index contributed by atoms with van der Waals surface area (Å²) in [6.07, 6.45) is 0. The minimum Gasteiger partial charge on any atom is -0.309 e. The van der Waals surface area contributed by atoms with E-state index in [-0.39, 0.29) is 0 Å². The van der Waals surface area contributed by atoms with E-state index in [0.717, 1.165) is 48.6 Å². The number of para-hydroxylation sites is 3. The number of benzene rings is 7. The Morgan fingerprint density at radius 1 is 0.458 bits per heavy atom. The third-order valence-electron chi connectivity index (χ3n) is 9.43. The number of hydrogen-bond donors (Lipinski definition) is 0. The Labute approximate surface area is 280 Å². The number of aromatic nitrogens is 1. The highest BCUT2D eigenvalue weighted by Crippen LogP contribution is 2.36. The van der Waals surface area contributed by atoms with Crippen LogP contribution in [0.2, 0.25) is 0 Å². The van der Waals surface area contributed by atoms with E-state index >= 15 is 0 Å². The monoisotopic (exact) mass is 627 g/mol. The summed E-state index contributed by atoms with van der Waals surface area (Å²) in [5.74, 6) is 0. The first kappa shape index (κ1) is 29.0. The fraction of sp³-hybridized carbons (Fsp3) is 0. The predicted molar refractivity (Wildman–Crippen MR) is 199 cm³/mol. The Kier molecular flexibility index (Phi) is 7.27. The third kappa shape index (κ3) is 4.48. The Balaban J connectivity index is 1.50. The molecular weight excluding hydrogens is 599 g/mol. The van der Waals surface area contributed by atoms with E-state index in [4.69, 9.17) is 0 Å². The summed E-state index contributed by atoms with van der Waals surface area (Å²) in [6.45, 7) is 0. The van der Waals surface area contributed by atoms with Crippen molar-refractivity contribution in [1.29, 1.82) is 10.5 Å². The first-order valence-corrected chi connectivity index (χ1v) is 18.0. The lowest BCUT2D eigenvalue weighted by Gasteiger charge is -2.35. The molecule has 0 unspecified atom stereocenters. The topological polar surface area (TPSA) is 52.5 Å². The third-order valence-corrected chi connectivity index (χ3v) is 14.2. The molecule has 1 aromatic heterocycles. The fourth-order valence-corrected chi connectivity index (χ4v) is 12.4. The number of nitriles is 2. The van der Waals surface area contributed by atoms with Gasteiger partial charge in [0.2, 0.25) is 0 Å². The van der Waals surface area contributed by atoms with Gasteiger partial charge in [-0.25, -0.2) is 0 Å². The molecule has 0 amide bonds. The molecule has 0 atom stereocenters. The van der Waals surface area contributed by atoms with E-state index in [0.29, 0.717) is 11.1 Å². The maximum atomic E-state index is 10.9. The molecule has 224 valence electrons. The molecule has 8 aromatic rings. The van der Waals surface area contributed by atoms with Crippen LogP contribution in [0.3, 0.4) is 0 Å². The lowest BCUT2D eigenvalue weighted by atomic mass is 9.98. The molecule has 1 heterocycles. The van der Waals surface area contributed by atoms with E-state index in [2.05, 4.69) is 162 Å². The largest absolute Gasteiger partial charge is 0.309 e. The van der Waals surface area contributed by atoms with Crippen LogP contribution in [0.15, 0.2) is 176 Å². The van der Waals surface area contributed by atoms with Crippen molar-refractivity contribution in [2.24, 2.45) is 0 Å². The fourth-order valence-electron chi connectivity index (χ4n) is 7.43. The average Bonchev–Trinajstić information content (AvgIpc) is 3.50. The Morgan fingerprint density at radius 2 is 0.917 bits per heavy atom. The van der Waals surface area contributed by atoms with Gasteiger partial charge in [0, 0.05) is 16.3 Å². The van der Waals surface area contributed by atoms with Gasteiger partial charge in [-0.1, -0.05) is 152 Å². The molecule has 0 spiro atoms. The number of nitrogens with zero attached hydrogens (tertiary/aromatic N) is 3. The van der Waals surface area contributed by atoms with E-state index < -0.39 is 8.07 Å². The van der Waals surface area contributed by atoms with Crippen LogP contribution in [0.1, 0.15) is 11.1 Å². The van der Waals surface area contributed by atoms with Crippen molar-refractivity contribution >= 4 is 50.6 Å². The summed E-state index contributed by atoms with van der Waals surface area (Å²) >= 11 is 0. The molecule has 48 heavy (non-hydrogen) atoms. The van der Waals surface area contributed by atoms with Gasteiger partial charge < -0.3 is 4.57 Å². The van der Waals surface area contributed by atoms with Gasteiger partial charge in [0.25, 0.3) is 0 Å². The van der Waals surface area contributed by atoms with Gasteiger partial charge >= 0.3 is 0 Å². The van der Waals surface area contributed by atoms with Crippen LogP contribution < -0.4 is 20.7 Å². The minimum absolute atomic E-state index is 0.377. The molecule has 0 saturated carbocycles. The van der Waals surface area contributed by atoms with Crippen LogP contribution in [0.4, 0.5) is 0 Å². The molecule has 0 radical (unpaired) electrons. The van der Waals surface area contributed by atoms with Crippen molar-refractivity contribution in [3.8, 4) is 29.0 Å². The van der Waals surface area contributed by atoms with Gasteiger partial charge in [0.15, 0.2) is 8.07 Å². The molecule has 8 rings (SSSR count). The summed E-state index contributed by atoms with van der Waals surface area (Å²) in [4.78, 5) is 0. The summed E-state index contributed by atoms with van der Waals surface area (Å²) in [7, 11) is -3.13. The first-order chi connectivity index (χ1) is 23.8. The second kappa shape index (κ2) is 12.0. The van der Waals surface area contributed by atoms with Crippen molar-refractivity contribution in [1.82, 2.24) is 4.57 Å². The Morgan fingerprint density at radius 3 is 1.42 bits per heavy atom. The SMILES string of the molecule is N#Cc1cc(-c2ccccc2-n2c3ccccc3c3ccccc32)cc([Si](c2ccccc2)(c2ccccc2)c2ccccc2)c1C#N. The lowest BCUT2D eigenvalue weighted by molar-refractivity contribution is 1.18. The van der Waals surface area contributed by atoms with Gasteiger partial charge in [-0.3, -0.25) is 0 Å². The van der Waals surface area contributed by atoms with Crippen LogP contribution in [0, 0.1) is 22.7 Å². The summed E-state index contributed by atoms with van der Waals surface area (Å²) in [5, 5.41) is 28.2. The summed E-state index contributed by atoms with van der Waals surface area (Å²) in [6, 6.07) is 66.0. The van der Waals surface area contributed by atoms with Gasteiger partial charge in [-0.2, -0.15) is 10.5 Å². The van der Waals surface area contributed by atoms with Crippen molar-refractivity contribution in [2.75, 3.05) is 0 Å². The van der Waals surface area contributed by atoms with Crippen molar-refractivity contribution in [3.05, 3.63) is 187 Å². The van der Waals surface area contributed by atoms with Crippen LogP contribution in [0.25, 0.3) is 38.6 Å². The summed E-state index contributed by atoms with van der Waals surface area (Å²) in [5.41, 5.74) is 5.94. The molecule has 0 bridgehead atoms. The van der Waals surface area contributed by atoms with E-state index in [1.54, 1.807) is 0 Å². The van der Waals surface area contributed by atoms with E-state index in [9.17, 15) is 10.5 Å². The highest BCUT2D eigenvalue weighted by Gasteiger charge is 2.44. The van der Waals surface area contributed by atoms with Crippen LogP contribution in [-0.2, 0) is 0 Å². The second-order valence-electron chi connectivity index (χ2n) is 11.9. The zero-order chi connectivity index (χ0) is 32.5. The molecule has 0 aliphatic rings. The average molecular weight is 628 g/mol. The number of rotatable bonds is 6. The zero-order valence-corrected chi connectivity index (χ0v) is 27.1. The maximum absolute atomic E-state index is 10.9.